The number of carbonyl (C=O) groups is 1. The molecule has 0 saturated heterocycles. The molecule has 7 nitrogen and oxygen atoms in total. The van der Waals surface area contributed by atoms with Gasteiger partial charge in [-0.1, -0.05) is 5.16 Å². The summed E-state index contributed by atoms with van der Waals surface area (Å²) < 4.78 is 20.4. The Morgan fingerprint density at radius 1 is 1.24 bits per heavy atom. The Kier molecular flexibility index (Phi) is 4.84. The second-order valence-corrected chi connectivity index (χ2v) is 7.06. The molecule has 1 aromatic carbocycles. The molecule has 0 aliphatic carbocycles. The molecule has 3 aromatic heterocycles. The minimum absolute atomic E-state index is 0.153. The molecule has 1 unspecified atom stereocenters. The lowest BCUT2D eigenvalue weighted by Crippen LogP contribution is -2.36. The van der Waals surface area contributed by atoms with Crippen LogP contribution in [0.25, 0.3) is 22.4 Å². The van der Waals surface area contributed by atoms with Crippen molar-refractivity contribution < 1.29 is 13.7 Å². The minimum Gasteiger partial charge on any atom is -0.348 e. The van der Waals surface area contributed by atoms with E-state index in [4.69, 9.17) is 4.52 Å². The highest BCUT2D eigenvalue weighted by atomic mass is 19.1. The molecule has 4 aromatic rings. The van der Waals surface area contributed by atoms with E-state index in [0.29, 0.717) is 34.4 Å². The van der Waals surface area contributed by atoms with Crippen LogP contribution in [0.15, 0.2) is 47.1 Å². The summed E-state index contributed by atoms with van der Waals surface area (Å²) in [5.74, 6) is -0.602. The molecule has 1 amide bonds. The number of hydrogen-bond acceptors (Lipinski definition) is 5. The topological polar surface area (TPSA) is 85.8 Å². The Hall–Kier alpha value is -3.55. The van der Waals surface area contributed by atoms with Gasteiger partial charge >= 0.3 is 0 Å². The number of fused-ring (bicyclic) bond motifs is 1. The van der Waals surface area contributed by atoms with E-state index in [2.05, 4.69) is 20.6 Å². The van der Waals surface area contributed by atoms with Gasteiger partial charge in [0.25, 0.3) is 11.6 Å². The number of aromatic nitrogens is 4. The molecule has 29 heavy (non-hydrogen) atoms. The van der Waals surface area contributed by atoms with Crippen LogP contribution in [0.4, 0.5) is 4.39 Å². The van der Waals surface area contributed by atoms with Gasteiger partial charge in [-0.25, -0.2) is 9.37 Å². The Morgan fingerprint density at radius 3 is 2.69 bits per heavy atom. The Bertz CT molecular complexity index is 1180. The van der Waals surface area contributed by atoms with Gasteiger partial charge in [-0.15, -0.1) is 0 Å². The van der Waals surface area contributed by atoms with Crippen molar-refractivity contribution in [1.82, 2.24) is 25.2 Å². The predicted octanol–water partition coefficient (Wildman–Crippen LogP) is 3.66. The second kappa shape index (κ2) is 7.46. The number of carbonyl (C=O) groups excluding carboxylic acids is 1. The van der Waals surface area contributed by atoms with Crippen LogP contribution in [-0.4, -0.2) is 31.9 Å². The minimum atomic E-state index is -0.342. The predicted molar refractivity (Wildman–Crippen MR) is 106 cm³/mol. The fourth-order valence-corrected chi connectivity index (χ4v) is 3.23. The fourth-order valence-electron chi connectivity index (χ4n) is 3.23. The molecule has 1 atom stereocenters. The number of nitrogens with one attached hydrogen (secondary N) is 1. The standard InChI is InChI=1S/C21H20FN5O2/c1-12-8-9-27(25-12)11-13(2)23-20(28)17-10-18(15-4-6-16(22)7-5-15)24-21-19(17)14(3)26-29-21/h4-10,13H,11H2,1-3H3,(H,23,28). The van der Waals surface area contributed by atoms with Crippen LogP contribution in [0.1, 0.15) is 28.7 Å². The van der Waals surface area contributed by atoms with Crippen molar-refractivity contribution in [3.63, 3.8) is 0 Å². The summed E-state index contributed by atoms with van der Waals surface area (Å²) in [5, 5.41) is 11.9. The smallest absolute Gasteiger partial charge is 0.259 e. The maximum absolute atomic E-state index is 13.3. The molecule has 0 aliphatic heterocycles. The number of pyridine rings is 1. The zero-order valence-corrected chi connectivity index (χ0v) is 16.3. The van der Waals surface area contributed by atoms with Crippen LogP contribution in [0.5, 0.6) is 0 Å². The van der Waals surface area contributed by atoms with E-state index in [1.54, 1.807) is 29.8 Å². The molecule has 4 rings (SSSR count). The van der Waals surface area contributed by atoms with E-state index in [9.17, 15) is 9.18 Å². The van der Waals surface area contributed by atoms with Crippen LogP contribution in [0, 0.1) is 19.7 Å². The van der Waals surface area contributed by atoms with E-state index >= 15 is 0 Å². The third kappa shape index (κ3) is 3.87. The first-order valence-corrected chi connectivity index (χ1v) is 9.24. The molecule has 0 radical (unpaired) electrons. The summed E-state index contributed by atoms with van der Waals surface area (Å²) in [6.07, 6.45) is 1.87. The molecule has 8 heteroatoms. The van der Waals surface area contributed by atoms with Crippen LogP contribution >= 0.6 is 0 Å². The number of aryl methyl sites for hydroxylation is 2. The average Bonchev–Trinajstić information content (AvgIpc) is 3.27. The van der Waals surface area contributed by atoms with Gasteiger partial charge in [-0.2, -0.15) is 5.10 Å². The molecular formula is C21H20FN5O2. The molecule has 1 N–H and O–H groups in total. The summed E-state index contributed by atoms with van der Waals surface area (Å²) in [4.78, 5) is 17.5. The van der Waals surface area contributed by atoms with Crippen LogP contribution in [-0.2, 0) is 6.54 Å². The van der Waals surface area contributed by atoms with Crippen molar-refractivity contribution in [2.45, 2.75) is 33.4 Å². The summed E-state index contributed by atoms with van der Waals surface area (Å²) in [6.45, 7) is 6.13. The van der Waals surface area contributed by atoms with Crippen LogP contribution in [0.3, 0.4) is 0 Å². The number of amides is 1. The lowest BCUT2D eigenvalue weighted by Gasteiger charge is -2.15. The Labute approximate surface area is 166 Å². The van der Waals surface area contributed by atoms with Crippen molar-refractivity contribution in [3.05, 3.63) is 65.4 Å². The molecule has 0 bridgehead atoms. The first-order valence-electron chi connectivity index (χ1n) is 9.24. The van der Waals surface area contributed by atoms with Crippen molar-refractivity contribution in [3.8, 4) is 11.3 Å². The molecular weight excluding hydrogens is 373 g/mol. The summed E-state index contributed by atoms with van der Waals surface area (Å²) >= 11 is 0. The number of halogens is 1. The van der Waals surface area contributed by atoms with Gasteiger partial charge in [0.15, 0.2) is 0 Å². The van der Waals surface area contributed by atoms with E-state index in [1.165, 1.54) is 12.1 Å². The van der Waals surface area contributed by atoms with Crippen molar-refractivity contribution in [2.24, 2.45) is 0 Å². The van der Waals surface area contributed by atoms with E-state index < -0.39 is 0 Å². The third-order valence-electron chi connectivity index (χ3n) is 4.61. The molecule has 0 aliphatic rings. The first-order chi connectivity index (χ1) is 13.9. The van der Waals surface area contributed by atoms with Gasteiger partial charge in [0.2, 0.25) is 0 Å². The van der Waals surface area contributed by atoms with E-state index in [0.717, 1.165) is 5.69 Å². The highest BCUT2D eigenvalue weighted by Crippen LogP contribution is 2.27. The largest absolute Gasteiger partial charge is 0.348 e. The van der Waals surface area contributed by atoms with E-state index in [-0.39, 0.29) is 23.5 Å². The average molecular weight is 393 g/mol. The van der Waals surface area contributed by atoms with Gasteiger partial charge < -0.3 is 9.84 Å². The van der Waals surface area contributed by atoms with Gasteiger partial charge in [0.1, 0.15) is 5.82 Å². The van der Waals surface area contributed by atoms with Gasteiger partial charge in [0, 0.05) is 17.8 Å². The quantitative estimate of drug-likeness (QED) is 0.559. The lowest BCUT2D eigenvalue weighted by atomic mass is 10.0. The Morgan fingerprint density at radius 2 is 2.00 bits per heavy atom. The molecule has 148 valence electrons. The van der Waals surface area contributed by atoms with E-state index in [1.807, 2.05) is 26.1 Å². The molecule has 3 heterocycles. The number of benzene rings is 1. The Balaban J connectivity index is 1.66. The lowest BCUT2D eigenvalue weighted by molar-refractivity contribution is 0.0937. The first kappa shape index (κ1) is 18.8. The van der Waals surface area contributed by atoms with Gasteiger partial charge in [-0.05, 0) is 57.2 Å². The number of hydrogen-bond donors (Lipinski definition) is 1. The zero-order chi connectivity index (χ0) is 20.5. The van der Waals surface area contributed by atoms with Crippen molar-refractivity contribution in [1.29, 1.82) is 0 Å². The van der Waals surface area contributed by atoms with Crippen LogP contribution in [0.2, 0.25) is 0 Å². The normalized spacial score (nSPS) is 12.3. The maximum Gasteiger partial charge on any atom is 0.259 e. The van der Waals surface area contributed by atoms with Crippen LogP contribution < -0.4 is 5.32 Å². The highest BCUT2D eigenvalue weighted by Gasteiger charge is 2.20. The highest BCUT2D eigenvalue weighted by molar-refractivity contribution is 6.07. The van der Waals surface area contributed by atoms with Crippen molar-refractivity contribution >= 4 is 17.0 Å². The van der Waals surface area contributed by atoms with Gasteiger partial charge in [-0.3, -0.25) is 9.48 Å². The zero-order valence-electron chi connectivity index (χ0n) is 16.3. The van der Waals surface area contributed by atoms with Gasteiger partial charge in [0.05, 0.1) is 34.6 Å². The monoisotopic (exact) mass is 393 g/mol. The molecule has 0 saturated carbocycles. The maximum atomic E-state index is 13.3. The summed E-state index contributed by atoms with van der Waals surface area (Å²) in [5.41, 5.74) is 3.37. The SMILES string of the molecule is Cc1ccn(CC(C)NC(=O)c2cc(-c3ccc(F)cc3)nc3onc(C)c23)n1. The molecule has 0 spiro atoms. The third-order valence-corrected chi connectivity index (χ3v) is 4.61. The fraction of sp³-hybridized carbons (Fsp3) is 0.238. The number of rotatable bonds is 5. The van der Waals surface area contributed by atoms with Crippen molar-refractivity contribution in [2.75, 3.05) is 0 Å². The summed E-state index contributed by atoms with van der Waals surface area (Å²) in [6, 6.07) is 9.35. The second-order valence-electron chi connectivity index (χ2n) is 7.06. The molecule has 0 fully saturated rings. The summed E-state index contributed by atoms with van der Waals surface area (Å²) in [7, 11) is 0. The number of nitrogens with zero attached hydrogens (tertiary/aromatic N) is 4.